The van der Waals surface area contributed by atoms with Crippen LogP contribution in [0.3, 0.4) is 0 Å². The van der Waals surface area contributed by atoms with Crippen molar-refractivity contribution in [2.75, 3.05) is 12.4 Å². The Labute approximate surface area is 145 Å². The number of carbonyl (C=O) groups is 1. The Balaban J connectivity index is 1.67. The van der Waals surface area contributed by atoms with E-state index in [1.807, 2.05) is 54.2 Å². The molecule has 0 fully saturated rings. The predicted octanol–water partition coefficient (Wildman–Crippen LogP) is 3.65. The van der Waals surface area contributed by atoms with Crippen molar-refractivity contribution in [3.63, 3.8) is 0 Å². The van der Waals surface area contributed by atoms with E-state index in [0.717, 1.165) is 34.9 Å². The number of aromatic nitrogens is 2. The summed E-state index contributed by atoms with van der Waals surface area (Å²) in [5, 5.41) is 7.25. The zero-order valence-electron chi connectivity index (χ0n) is 14.2. The highest BCUT2D eigenvalue weighted by molar-refractivity contribution is 5.94. The number of nitrogens with zero attached hydrogens (tertiary/aromatic N) is 2. The summed E-state index contributed by atoms with van der Waals surface area (Å²) < 4.78 is 13.1. The molecule has 1 aliphatic heterocycles. The molecule has 25 heavy (non-hydrogen) atoms. The zero-order chi connectivity index (χ0) is 17.4. The fourth-order valence-corrected chi connectivity index (χ4v) is 3.13. The monoisotopic (exact) mass is 337 g/mol. The lowest BCUT2D eigenvalue weighted by atomic mass is 9.92. The second kappa shape index (κ2) is 6.12. The summed E-state index contributed by atoms with van der Waals surface area (Å²) >= 11 is 0. The summed E-state index contributed by atoms with van der Waals surface area (Å²) in [5.41, 5.74) is 1.97. The van der Waals surface area contributed by atoms with Crippen molar-refractivity contribution in [1.82, 2.24) is 9.78 Å². The standard InChI is InChI=1S/C19H19N3O3/c1-3-22-11-15-14(10-18(23)20-19(15)21-22)17-9-8-16(25-17)12-4-6-13(24-2)7-5-12/h4-9,11,14H,3,10H2,1-2H3,(H,20,21,23). The van der Waals surface area contributed by atoms with E-state index in [1.54, 1.807) is 7.11 Å². The summed E-state index contributed by atoms with van der Waals surface area (Å²) in [6.45, 7) is 2.77. The quantitative estimate of drug-likeness (QED) is 0.789. The largest absolute Gasteiger partial charge is 0.497 e. The number of nitrogens with one attached hydrogen (secondary N) is 1. The third-order valence-corrected chi connectivity index (χ3v) is 4.48. The first-order chi connectivity index (χ1) is 12.2. The highest BCUT2D eigenvalue weighted by Gasteiger charge is 2.31. The molecule has 3 heterocycles. The third kappa shape index (κ3) is 2.80. The van der Waals surface area contributed by atoms with Gasteiger partial charge in [-0.3, -0.25) is 9.48 Å². The van der Waals surface area contributed by atoms with Crippen molar-refractivity contribution >= 4 is 11.7 Å². The van der Waals surface area contributed by atoms with Gasteiger partial charge in [-0.25, -0.2) is 0 Å². The van der Waals surface area contributed by atoms with Crippen LogP contribution in [-0.2, 0) is 11.3 Å². The van der Waals surface area contributed by atoms with Crippen molar-refractivity contribution in [2.24, 2.45) is 0 Å². The topological polar surface area (TPSA) is 69.3 Å². The van der Waals surface area contributed by atoms with Crippen LogP contribution in [0, 0.1) is 0 Å². The second-order valence-corrected chi connectivity index (χ2v) is 6.02. The lowest BCUT2D eigenvalue weighted by molar-refractivity contribution is -0.116. The van der Waals surface area contributed by atoms with Crippen LogP contribution in [0.2, 0.25) is 0 Å². The molecule has 0 spiro atoms. The Morgan fingerprint density at radius 3 is 2.80 bits per heavy atom. The molecule has 0 saturated carbocycles. The number of fused-ring (bicyclic) bond motifs is 1. The number of hydrogen-bond acceptors (Lipinski definition) is 4. The number of anilines is 1. The lowest BCUT2D eigenvalue weighted by Gasteiger charge is -2.19. The van der Waals surface area contributed by atoms with Gasteiger partial charge in [-0.05, 0) is 43.3 Å². The summed E-state index contributed by atoms with van der Waals surface area (Å²) in [6.07, 6.45) is 2.34. The molecule has 6 heteroatoms. The number of hydrogen-bond donors (Lipinski definition) is 1. The van der Waals surface area contributed by atoms with Crippen molar-refractivity contribution in [1.29, 1.82) is 0 Å². The summed E-state index contributed by atoms with van der Waals surface area (Å²) in [4.78, 5) is 12.0. The van der Waals surface area contributed by atoms with Gasteiger partial charge in [0.25, 0.3) is 0 Å². The van der Waals surface area contributed by atoms with E-state index in [4.69, 9.17) is 9.15 Å². The maximum absolute atomic E-state index is 12.0. The van der Waals surface area contributed by atoms with Gasteiger partial charge in [-0.2, -0.15) is 5.10 Å². The number of methoxy groups -OCH3 is 1. The average molecular weight is 337 g/mol. The molecule has 0 aliphatic carbocycles. The molecule has 1 unspecified atom stereocenters. The van der Waals surface area contributed by atoms with Gasteiger partial charge in [0, 0.05) is 30.3 Å². The van der Waals surface area contributed by atoms with E-state index in [0.29, 0.717) is 12.2 Å². The molecule has 1 aromatic carbocycles. The molecule has 1 atom stereocenters. The maximum atomic E-state index is 12.0. The van der Waals surface area contributed by atoms with Crippen molar-refractivity contribution in [3.8, 4) is 17.1 Å². The van der Waals surface area contributed by atoms with Crippen LogP contribution < -0.4 is 10.1 Å². The van der Waals surface area contributed by atoms with E-state index < -0.39 is 0 Å². The molecule has 0 saturated heterocycles. The Bertz CT molecular complexity index is 908. The first kappa shape index (κ1) is 15.5. The van der Waals surface area contributed by atoms with E-state index in [2.05, 4.69) is 10.4 Å². The molecule has 1 aliphatic rings. The third-order valence-electron chi connectivity index (χ3n) is 4.48. The summed E-state index contributed by atoms with van der Waals surface area (Å²) in [6, 6.07) is 11.6. The summed E-state index contributed by atoms with van der Waals surface area (Å²) in [5.74, 6) is 2.82. The van der Waals surface area contributed by atoms with Crippen LogP contribution in [0.25, 0.3) is 11.3 Å². The fourth-order valence-electron chi connectivity index (χ4n) is 3.13. The fraction of sp³-hybridized carbons (Fsp3) is 0.263. The van der Waals surface area contributed by atoms with Gasteiger partial charge in [-0.15, -0.1) is 0 Å². The van der Waals surface area contributed by atoms with Crippen LogP contribution in [0.4, 0.5) is 5.82 Å². The molecule has 3 aromatic rings. The van der Waals surface area contributed by atoms with Crippen molar-refractivity contribution < 1.29 is 13.9 Å². The first-order valence-corrected chi connectivity index (χ1v) is 8.29. The number of rotatable bonds is 4. The van der Waals surface area contributed by atoms with Crippen LogP contribution >= 0.6 is 0 Å². The molecular formula is C19H19N3O3. The van der Waals surface area contributed by atoms with Gasteiger partial charge in [0.1, 0.15) is 17.3 Å². The summed E-state index contributed by atoms with van der Waals surface area (Å²) in [7, 11) is 1.64. The van der Waals surface area contributed by atoms with E-state index in [-0.39, 0.29) is 11.8 Å². The Morgan fingerprint density at radius 1 is 1.28 bits per heavy atom. The van der Waals surface area contributed by atoms with E-state index in [1.165, 1.54) is 0 Å². The van der Waals surface area contributed by atoms with Gasteiger partial charge in [0.05, 0.1) is 13.0 Å². The first-order valence-electron chi connectivity index (χ1n) is 8.29. The maximum Gasteiger partial charge on any atom is 0.226 e. The van der Waals surface area contributed by atoms with Crippen LogP contribution in [0.5, 0.6) is 5.75 Å². The highest BCUT2D eigenvalue weighted by Crippen LogP contribution is 2.38. The molecule has 2 aromatic heterocycles. The number of benzene rings is 1. The van der Waals surface area contributed by atoms with Gasteiger partial charge in [-0.1, -0.05) is 0 Å². The van der Waals surface area contributed by atoms with Gasteiger partial charge >= 0.3 is 0 Å². The van der Waals surface area contributed by atoms with Crippen LogP contribution in [0.15, 0.2) is 47.0 Å². The molecular weight excluding hydrogens is 318 g/mol. The number of furan rings is 1. The van der Waals surface area contributed by atoms with Gasteiger partial charge < -0.3 is 14.5 Å². The molecule has 4 rings (SSSR count). The minimum absolute atomic E-state index is 0.0405. The number of aryl methyl sites for hydroxylation is 1. The molecule has 1 N–H and O–H groups in total. The SMILES string of the molecule is CCn1cc2c(n1)NC(=O)CC2c1ccc(-c2ccc(OC)cc2)o1. The Kier molecular flexibility index (Phi) is 3.80. The minimum atomic E-state index is -0.115. The van der Waals surface area contributed by atoms with Gasteiger partial charge in [0.2, 0.25) is 5.91 Å². The van der Waals surface area contributed by atoms with E-state index in [9.17, 15) is 4.79 Å². The second-order valence-electron chi connectivity index (χ2n) is 6.02. The smallest absolute Gasteiger partial charge is 0.226 e. The number of amides is 1. The molecule has 1 amide bonds. The molecule has 6 nitrogen and oxygen atoms in total. The van der Waals surface area contributed by atoms with Crippen LogP contribution in [-0.4, -0.2) is 22.8 Å². The Morgan fingerprint density at radius 2 is 2.08 bits per heavy atom. The normalized spacial score (nSPS) is 16.4. The highest BCUT2D eigenvalue weighted by atomic mass is 16.5. The van der Waals surface area contributed by atoms with Crippen molar-refractivity contribution in [3.05, 3.63) is 53.9 Å². The van der Waals surface area contributed by atoms with E-state index >= 15 is 0 Å². The average Bonchev–Trinajstić information content (AvgIpc) is 3.28. The molecule has 128 valence electrons. The molecule has 0 bridgehead atoms. The number of ether oxygens (including phenoxy) is 1. The molecule has 0 radical (unpaired) electrons. The Hall–Kier alpha value is -3.02. The van der Waals surface area contributed by atoms with Gasteiger partial charge in [0.15, 0.2) is 5.82 Å². The van der Waals surface area contributed by atoms with Crippen molar-refractivity contribution in [2.45, 2.75) is 25.8 Å². The zero-order valence-corrected chi connectivity index (χ0v) is 14.2. The predicted molar refractivity (Wildman–Crippen MR) is 93.7 cm³/mol. The van der Waals surface area contributed by atoms with Crippen LogP contribution in [0.1, 0.15) is 30.6 Å². The number of carbonyl (C=O) groups excluding carboxylic acids is 1. The minimum Gasteiger partial charge on any atom is -0.497 e. The lowest BCUT2D eigenvalue weighted by Crippen LogP contribution is -2.22.